The number of nitrogens with zero attached hydrogens (tertiary/aromatic N) is 2. The number of nitrogens with one attached hydrogen (secondary N) is 1. The molecule has 0 aromatic heterocycles. The highest BCUT2D eigenvalue weighted by Gasteiger charge is 2.32. The summed E-state index contributed by atoms with van der Waals surface area (Å²) in [6.45, 7) is 7.07. The molecule has 1 aromatic rings. The highest BCUT2D eigenvalue weighted by atomic mass is 16.7. The second-order valence-corrected chi connectivity index (χ2v) is 6.69. The quantitative estimate of drug-likeness (QED) is 0.918. The van der Waals surface area contributed by atoms with Crippen LogP contribution < -0.4 is 19.7 Å². The van der Waals surface area contributed by atoms with E-state index in [9.17, 15) is 9.59 Å². The number of rotatable bonds is 3. The first-order valence-corrected chi connectivity index (χ1v) is 7.60. The van der Waals surface area contributed by atoms with E-state index in [4.69, 9.17) is 9.47 Å². The number of benzene rings is 1. The summed E-state index contributed by atoms with van der Waals surface area (Å²) in [4.78, 5) is 27.7. The van der Waals surface area contributed by atoms with Gasteiger partial charge in [-0.3, -0.25) is 9.69 Å². The standard InChI is InChI=1S/C16H21N3O4/c1-16(2,3)17-14(20)9-18-6-7-19(15(18)21)11-4-5-12-13(8-11)23-10-22-12/h4-5,8H,6-7,9-10H2,1-3H3,(H,17,20). The molecule has 0 aliphatic carbocycles. The van der Waals surface area contributed by atoms with Crippen molar-refractivity contribution in [2.75, 3.05) is 31.3 Å². The molecule has 1 N–H and O–H groups in total. The van der Waals surface area contributed by atoms with Gasteiger partial charge in [-0.25, -0.2) is 4.79 Å². The fourth-order valence-electron chi connectivity index (χ4n) is 2.65. The van der Waals surface area contributed by atoms with Gasteiger partial charge in [-0.1, -0.05) is 0 Å². The first kappa shape index (κ1) is 15.5. The first-order chi connectivity index (χ1) is 10.8. The Morgan fingerprint density at radius 3 is 2.70 bits per heavy atom. The summed E-state index contributed by atoms with van der Waals surface area (Å²) >= 11 is 0. The van der Waals surface area contributed by atoms with Crippen LogP contribution in [0.25, 0.3) is 0 Å². The van der Waals surface area contributed by atoms with Gasteiger partial charge in [0.1, 0.15) is 6.54 Å². The van der Waals surface area contributed by atoms with Gasteiger partial charge >= 0.3 is 6.03 Å². The van der Waals surface area contributed by atoms with Crippen molar-refractivity contribution >= 4 is 17.6 Å². The number of carbonyl (C=O) groups excluding carboxylic acids is 2. The zero-order chi connectivity index (χ0) is 16.6. The van der Waals surface area contributed by atoms with E-state index >= 15 is 0 Å². The molecule has 1 fully saturated rings. The van der Waals surface area contributed by atoms with E-state index in [1.54, 1.807) is 21.9 Å². The lowest BCUT2D eigenvalue weighted by Crippen LogP contribution is -2.46. The number of ether oxygens (including phenoxy) is 2. The van der Waals surface area contributed by atoms with Crippen molar-refractivity contribution in [2.45, 2.75) is 26.3 Å². The Labute approximate surface area is 135 Å². The van der Waals surface area contributed by atoms with E-state index in [1.165, 1.54) is 0 Å². The van der Waals surface area contributed by atoms with Crippen LogP contribution in [-0.2, 0) is 4.79 Å². The Kier molecular flexibility index (Phi) is 3.79. The van der Waals surface area contributed by atoms with E-state index in [1.807, 2.05) is 26.8 Å². The minimum atomic E-state index is -0.309. The zero-order valence-corrected chi connectivity index (χ0v) is 13.6. The number of carbonyl (C=O) groups is 2. The highest BCUT2D eigenvalue weighted by Crippen LogP contribution is 2.36. The van der Waals surface area contributed by atoms with Crippen molar-refractivity contribution in [3.05, 3.63) is 18.2 Å². The van der Waals surface area contributed by atoms with Gasteiger partial charge in [-0.2, -0.15) is 0 Å². The fourth-order valence-corrected chi connectivity index (χ4v) is 2.65. The van der Waals surface area contributed by atoms with Crippen LogP contribution >= 0.6 is 0 Å². The average molecular weight is 319 g/mol. The third-order valence-electron chi connectivity index (χ3n) is 3.61. The minimum Gasteiger partial charge on any atom is -0.454 e. The predicted molar refractivity (Wildman–Crippen MR) is 84.8 cm³/mol. The lowest BCUT2D eigenvalue weighted by molar-refractivity contribution is -0.122. The van der Waals surface area contributed by atoms with Gasteiger partial charge in [0.05, 0.1) is 0 Å². The number of hydrogen-bond acceptors (Lipinski definition) is 4. The SMILES string of the molecule is CC(C)(C)NC(=O)CN1CCN(c2ccc3c(c2)OCO3)C1=O. The summed E-state index contributed by atoms with van der Waals surface area (Å²) in [5.41, 5.74) is 0.439. The fraction of sp³-hybridized carbons (Fsp3) is 0.500. The monoisotopic (exact) mass is 319 g/mol. The van der Waals surface area contributed by atoms with Crippen LogP contribution in [-0.4, -0.2) is 48.8 Å². The molecule has 3 amide bonds. The predicted octanol–water partition coefficient (Wildman–Crippen LogP) is 1.57. The Morgan fingerprint density at radius 1 is 1.22 bits per heavy atom. The van der Waals surface area contributed by atoms with Gasteiger partial charge in [0.2, 0.25) is 12.7 Å². The Morgan fingerprint density at radius 2 is 1.96 bits per heavy atom. The van der Waals surface area contributed by atoms with Crippen molar-refractivity contribution in [1.82, 2.24) is 10.2 Å². The first-order valence-electron chi connectivity index (χ1n) is 7.60. The van der Waals surface area contributed by atoms with Crippen LogP contribution in [0.15, 0.2) is 18.2 Å². The molecule has 0 bridgehead atoms. The van der Waals surface area contributed by atoms with E-state index in [-0.39, 0.29) is 30.8 Å². The topological polar surface area (TPSA) is 71.1 Å². The van der Waals surface area contributed by atoms with Crippen molar-refractivity contribution in [3.8, 4) is 11.5 Å². The molecule has 2 aliphatic rings. The molecule has 7 nitrogen and oxygen atoms in total. The molecule has 23 heavy (non-hydrogen) atoms. The number of urea groups is 1. The van der Waals surface area contributed by atoms with E-state index in [0.29, 0.717) is 24.6 Å². The number of anilines is 1. The number of amides is 3. The second-order valence-electron chi connectivity index (χ2n) is 6.69. The number of hydrogen-bond donors (Lipinski definition) is 1. The Hall–Kier alpha value is -2.44. The van der Waals surface area contributed by atoms with Gasteiger partial charge < -0.3 is 19.7 Å². The second kappa shape index (κ2) is 5.64. The van der Waals surface area contributed by atoms with Gasteiger partial charge in [-0.15, -0.1) is 0 Å². The lowest BCUT2D eigenvalue weighted by atomic mass is 10.1. The molecule has 0 radical (unpaired) electrons. The zero-order valence-electron chi connectivity index (χ0n) is 13.6. The van der Waals surface area contributed by atoms with Gasteiger partial charge in [0, 0.05) is 30.4 Å². The van der Waals surface area contributed by atoms with Crippen molar-refractivity contribution in [2.24, 2.45) is 0 Å². The van der Waals surface area contributed by atoms with Gasteiger partial charge in [0.15, 0.2) is 11.5 Å². The summed E-state index contributed by atoms with van der Waals surface area (Å²) in [6.07, 6.45) is 0. The molecule has 124 valence electrons. The summed E-state index contributed by atoms with van der Waals surface area (Å²) < 4.78 is 10.6. The molecular formula is C16H21N3O4. The Balaban J connectivity index is 1.66. The van der Waals surface area contributed by atoms with Crippen molar-refractivity contribution in [1.29, 1.82) is 0 Å². The molecule has 1 saturated heterocycles. The van der Waals surface area contributed by atoms with Crippen LogP contribution in [0.1, 0.15) is 20.8 Å². The molecule has 0 spiro atoms. The molecular weight excluding hydrogens is 298 g/mol. The van der Waals surface area contributed by atoms with Crippen molar-refractivity contribution in [3.63, 3.8) is 0 Å². The smallest absolute Gasteiger partial charge is 0.325 e. The van der Waals surface area contributed by atoms with Crippen LogP contribution in [0, 0.1) is 0 Å². The van der Waals surface area contributed by atoms with Crippen LogP contribution in [0.5, 0.6) is 11.5 Å². The largest absolute Gasteiger partial charge is 0.454 e. The van der Waals surface area contributed by atoms with E-state index in [0.717, 1.165) is 5.69 Å². The molecule has 3 rings (SSSR count). The van der Waals surface area contributed by atoms with Crippen LogP contribution in [0.3, 0.4) is 0 Å². The molecule has 2 aliphatic heterocycles. The maximum absolute atomic E-state index is 12.5. The molecule has 2 heterocycles. The minimum absolute atomic E-state index is 0.0666. The molecule has 0 saturated carbocycles. The van der Waals surface area contributed by atoms with Crippen LogP contribution in [0.4, 0.5) is 10.5 Å². The van der Waals surface area contributed by atoms with E-state index in [2.05, 4.69) is 5.32 Å². The third-order valence-corrected chi connectivity index (χ3v) is 3.61. The normalized spacial score (nSPS) is 16.9. The average Bonchev–Trinajstić information content (AvgIpc) is 3.03. The van der Waals surface area contributed by atoms with Crippen molar-refractivity contribution < 1.29 is 19.1 Å². The third kappa shape index (κ3) is 3.33. The highest BCUT2D eigenvalue weighted by molar-refractivity contribution is 5.96. The van der Waals surface area contributed by atoms with Gasteiger partial charge in [-0.05, 0) is 32.9 Å². The Bertz CT molecular complexity index is 639. The molecule has 0 unspecified atom stereocenters. The number of fused-ring (bicyclic) bond motifs is 1. The van der Waals surface area contributed by atoms with Crippen LogP contribution in [0.2, 0.25) is 0 Å². The molecule has 7 heteroatoms. The maximum Gasteiger partial charge on any atom is 0.325 e. The molecule has 0 atom stereocenters. The maximum atomic E-state index is 12.5. The summed E-state index contributed by atoms with van der Waals surface area (Å²) in [6, 6.07) is 5.23. The summed E-state index contributed by atoms with van der Waals surface area (Å²) in [5, 5.41) is 2.87. The molecule has 1 aromatic carbocycles. The van der Waals surface area contributed by atoms with Gasteiger partial charge in [0.25, 0.3) is 0 Å². The van der Waals surface area contributed by atoms with E-state index < -0.39 is 0 Å². The summed E-state index contributed by atoms with van der Waals surface area (Å²) in [5.74, 6) is 1.17. The lowest BCUT2D eigenvalue weighted by Gasteiger charge is -2.23. The summed E-state index contributed by atoms with van der Waals surface area (Å²) in [7, 11) is 0.